The van der Waals surface area contributed by atoms with E-state index in [-0.39, 0.29) is 18.3 Å². The van der Waals surface area contributed by atoms with Gasteiger partial charge in [-0.3, -0.25) is 9.59 Å². The number of nitrogens with one attached hydrogen (secondary N) is 2. The normalized spacial score (nSPS) is 17.6. The Morgan fingerprint density at radius 1 is 1.21 bits per heavy atom. The van der Waals surface area contributed by atoms with E-state index in [4.69, 9.17) is 14.2 Å². The van der Waals surface area contributed by atoms with E-state index >= 15 is 0 Å². The zero-order chi connectivity index (χ0) is 20.3. The van der Waals surface area contributed by atoms with E-state index in [0.29, 0.717) is 22.7 Å². The van der Waals surface area contributed by atoms with Crippen molar-refractivity contribution in [2.75, 3.05) is 24.4 Å². The maximum atomic E-state index is 12.5. The van der Waals surface area contributed by atoms with Crippen molar-refractivity contribution < 1.29 is 28.6 Å². The highest BCUT2D eigenvalue weighted by atomic mass is 16.6. The highest BCUT2D eigenvalue weighted by Gasteiger charge is 2.48. The Hall–Kier alpha value is -3.55. The molecule has 2 aromatic carbocycles. The third-order valence-corrected chi connectivity index (χ3v) is 4.23. The molecule has 3 rings (SSSR count). The molecular formula is C20H20N2O6. The van der Waals surface area contributed by atoms with Crippen LogP contribution in [0.1, 0.15) is 24.2 Å². The molecule has 8 nitrogen and oxygen atoms in total. The lowest BCUT2D eigenvalue weighted by atomic mass is 10.0. The zero-order valence-electron chi connectivity index (χ0n) is 15.7. The fourth-order valence-corrected chi connectivity index (χ4v) is 2.67. The number of hydrogen-bond donors (Lipinski definition) is 2. The number of methoxy groups -OCH3 is 1. The minimum atomic E-state index is -1.81. The van der Waals surface area contributed by atoms with Crippen LogP contribution in [-0.4, -0.2) is 37.1 Å². The monoisotopic (exact) mass is 384 g/mol. The van der Waals surface area contributed by atoms with Gasteiger partial charge in [0.2, 0.25) is 0 Å². The maximum absolute atomic E-state index is 12.5. The van der Waals surface area contributed by atoms with Crippen LogP contribution in [0.2, 0.25) is 0 Å². The zero-order valence-corrected chi connectivity index (χ0v) is 15.7. The van der Waals surface area contributed by atoms with Crippen molar-refractivity contribution >= 4 is 29.2 Å². The van der Waals surface area contributed by atoms with Gasteiger partial charge in [0.15, 0.2) is 0 Å². The SMILES string of the molecule is CCOC(=O)[C@@]1(C)Oc2cc(NC(=O)c3cccc(OC)c3)ccc2NC1=O. The number of carbonyl (C=O) groups is 3. The lowest BCUT2D eigenvalue weighted by Crippen LogP contribution is -2.55. The molecule has 8 heteroatoms. The molecule has 2 N–H and O–H groups in total. The molecule has 1 aliphatic rings. The van der Waals surface area contributed by atoms with Crippen LogP contribution in [-0.2, 0) is 14.3 Å². The third kappa shape index (κ3) is 3.62. The minimum Gasteiger partial charge on any atom is -0.497 e. The third-order valence-electron chi connectivity index (χ3n) is 4.23. The molecule has 2 aromatic rings. The average molecular weight is 384 g/mol. The molecule has 0 fully saturated rings. The summed E-state index contributed by atoms with van der Waals surface area (Å²) >= 11 is 0. The number of hydrogen-bond acceptors (Lipinski definition) is 6. The quantitative estimate of drug-likeness (QED) is 0.607. The first kappa shape index (κ1) is 19.2. The van der Waals surface area contributed by atoms with Gasteiger partial charge in [-0.1, -0.05) is 6.07 Å². The summed E-state index contributed by atoms with van der Waals surface area (Å²) in [5, 5.41) is 5.37. The van der Waals surface area contributed by atoms with Crippen molar-refractivity contribution in [2.45, 2.75) is 19.4 Å². The largest absolute Gasteiger partial charge is 0.497 e. The van der Waals surface area contributed by atoms with E-state index < -0.39 is 17.5 Å². The summed E-state index contributed by atoms with van der Waals surface area (Å²) in [6.45, 7) is 3.10. The Bertz CT molecular complexity index is 942. The number of benzene rings is 2. The highest BCUT2D eigenvalue weighted by molar-refractivity contribution is 6.14. The van der Waals surface area contributed by atoms with Gasteiger partial charge in [-0.2, -0.15) is 0 Å². The number of ether oxygens (including phenoxy) is 3. The smallest absolute Gasteiger partial charge is 0.360 e. The van der Waals surface area contributed by atoms with Gasteiger partial charge >= 0.3 is 5.97 Å². The van der Waals surface area contributed by atoms with Crippen LogP contribution >= 0.6 is 0 Å². The number of amides is 2. The van der Waals surface area contributed by atoms with Crippen molar-refractivity contribution in [1.82, 2.24) is 0 Å². The summed E-state index contributed by atoms with van der Waals surface area (Å²) in [6.07, 6.45) is 0. The lowest BCUT2D eigenvalue weighted by Gasteiger charge is -2.32. The summed E-state index contributed by atoms with van der Waals surface area (Å²) in [5.41, 5.74) is -0.555. The molecule has 28 heavy (non-hydrogen) atoms. The molecule has 0 saturated carbocycles. The van der Waals surface area contributed by atoms with Gasteiger partial charge < -0.3 is 24.8 Å². The van der Waals surface area contributed by atoms with Gasteiger partial charge in [-0.15, -0.1) is 0 Å². The Labute approximate surface area is 161 Å². The molecule has 0 radical (unpaired) electrons. The van der Waals surface area contributed by atoms with Crippen molar-refractivity contribution in [1.29, 1.82) is 0 Å². The molecule has 0 bridgehead atoms. The van der Waals surface area contributed by atoms with Crippen LogP contribution in [0.5, 0.6) is 11.5 Å². The first-order valence-electron chi connectivity index (χ1n) is 8.64. The second kappa shape index (κ2) is 7.59. The summed E-state index contributed by atoms with van der Waals surface area (Å²) in [7, 11) is 1.52. The first-order valence-corrected chi connectivity index (χ1v) is 8.64. The summed E-state index contributed by atoms with van der Waals surface area (Å²) in [4.78, 5) is 36.9. The Morgan fingerprint density at radius 3 is 2.71 bits per heavy atom. The molecule has 2 amide bonds. The molecule has 0 unspecified atom stereocenters. The molecule has 0 aliphatic carbocycles. The maximum Gasteiger partial charge on any atom is 0.360 e. The van der Waals surface area contributed by atoms with Crippen LogP contribution in [0.4, 0.5) is 11.4 Å². The van der Waals surface area contributed by atoms with Gasteiger partial charge in [-0.05, 0) is 44.2 Å². The Morgan fingerprint density at radius 2 is 2.00 bits per heavy atom. The van der Waals surface area contributed by atoms with Gasteiger partial charge in [0.05, 0.1) is 19.4 Å². The average Bonchev–Trinajstić information content (AvgIpc) is 2.69. The van der Waals surface area contributed by atoms with Crippen LogP contribution in [0.15, 0.2) is 42.5 Å². The van der Waals surface area contributed by atoms with Crippen LogP contribution in [0, 0.1) is 0 Å². The van der Waals surface area contributed by atoms with Gasteiger partial charge in [0, 0.05) is 17.3 Å². The van der Waals surface area contributed by atoms with Crippen molar-refractivity contribution in [3.8, 4) is 11.5 Å². The van der Waals surface area contributed by atoms with Crippen LogP contribution < -0.4 is 20.1 Å². The number of anilines is 2. The fourth-order valence-electron chi connectivity index (χ4n) is 2.67. The topological polar surface area (TPSA) is 103 Å². The van der Waals surface area contributed by atoms with Crippen molar-refractivity contribution in [2.24, 2.45) is 0 Å². The van der Waals surface area contributed by atoms with Crippen molar-refractivity contribution in [3.05, 3.63) is 48.0 Å². The molecule has 1 atom stereocenters. The number of esters is 1. The molecule has 1 heterocycles. The fraction of sp³-hybridized carbons (Fsp3) is 0.250. The first-order chi connectivity index (χ1) is 13.4. The van der Waals surface area contributed by atoms with Gasteiger partial charge in [-0.25, -0.2) is 4.79 Å². The molecule has 0 aromatic heterocycles. The summed E-state index contributed by atoms with van der Waals surface area (Å²) in [6, 6.07) is 11.5. The predicted molar refractivity (Wildman–Crippen MR) is 102 cm³/mol. The Balaban J connectivity index is 1.82. The van der Waals surface area contributed by atoms with E-state index in [2.05, 4.69) is 10.6 Å². The van der Waals surface area contributed by atoms with E-state index in [1.165, 1.54) is 20.1 Å². The number of rotatable bonds is 5. The minimum absolute atomic E-state index is 0.120. The van der Waals surface area contributed by atoms with Gasteiger partial charge in [0.1, 0.15) is 11.5 Å². The molecular weight excluding hydrogens is 364 g/mol. The molecule has 1 aliphatic heterocycles. The van der Waals surface area contributed by atoms with Crippen molar-refractivity contribution in [3.63, 3.8) is 0 Å². The second-order valence-corrected chi connectivity index (χ2v) is 6.21. The summed E-state index contributed by atoms with van der Waals surface area (Å²) < 4.78 is 15.7. The number of fused-ring (bicyclic) bond motifs is 1. The highest BCUT2D eigenvalue weighted by Crippen LogP contribution is 2.36. The molecule has 0 saturated heterocycles. The lowest BCUT2D eigenvalue weighted by molar-refractivity contribution is -0.165. The number of carbonyl (C=O) groups excluding carboxylic acids is 3. The van der Waals surface area contributed by atoms with E-state index in [0.717, 1.165) is 0 Å². The van der Waals surface area contributed by atoms with E-state index in [1.54, 1.807) is 43.3 Å². The molecule has 146 valence electrons. The van der Waals surface area contributed by atoms with E-state index in [9.17, 15) is 14.4 Å². The Kier molecular flexibility index (Phi) is 5.21. The second-order valence-electron chi connectivity index (χ2n) is 6.21. The van der Waals surface area contributed by atoms with Crippen LogP contribution in [0.3, 0.4) is 0 Å². The van der Waals surface area contributed by atoms with Gasteiger partial charge in [0.25, 0.3) is 17.4 Å². The predicted octanol–water partition coefficient (Wildman–Crippen LogP) is 2.60. The summed E-state index contributed by atoms with van der Waals surface area (Å²) in [5.74, 6) is -0.935. The van der Waals surface area contributed by atoms with E-state index in [1.807, 2.05) is 0 Å². The molecule has 0 spiro atoms. The standard InChI is InChI=1S/C20H20N2O6/c1-4-27-19(25)20(2)18(24)22-15-9-8-13(11-16(15)28-20)21-17(23)12-6-5-7-14(10-12)26-3/h5-11H,4H2,1-3H3,(H,21,23)(H,22,24)/t20-/m0/s1. The van der Waals surface area contributed by atoms with Crippen LogP contribution in [0.25, 0.3) is 0 Å².